The van der Waals surface area contributed by atoms with E-state index in [1.165, 1.54) is 0 Å². The van der Waals surface area contributed by atoms with Gasteiger partial charge < -0.3 is 21.5 Å². The van der Waals surface area contributed by atoms with Gasteiger partial charge in [-0.2, -0.15) is 0 Å². The Labute approximate surface area is 123 Å². The van der Waals surface area contributed by atoms with Crippen molar-refractivity contribution in [3.63, 3.8) is 0 Å². The van der Waals surface area contributed by atoms with Gasteiger partial charge in [-0.05, 0) is 37.0 Å². The summed E-state index contributed by atoms with van der Waals surface area (Å²) in [6.45, 7) is 0.292. The van der Waals surface area contributed by atoms with Gasteiger partial charge in [0.1, 0.15) is 5.75 Å². The van der Waals surface area contributed by atoms with Crippen LogP contribution < -0.4 is 16.4 Å². The minimum Gasteiger partial charge on any atom is -0.508 e. The number of aromatic hydroxyl groups is 1. The summed E-state index contributed by atoms with van der Waals surface area (Å²) in [5.74, 6) is -0.134. The van der Waals surface area contributed by atoms with Gasteiger partial charge in [-0.3, -0.25) is 9.59 Å². The molecule has 1 aromatic carbocycles. The first-order valence-electron chi connectivity index (χ1n) is 7.15. The van der Waals surface area contributed by atoms with Crippen LogP contribution >= 0.6 is 0 Å². The molecule has 0 heterocycles. The largest absolute Gasteiger partial charge is 0.508 e. The summed E-state index contributed by atoms with van der Waals surface area (Å²) in [5.41, 5.74) is 6.70. The number of carbonyl (C=O) groups excluding carboxylic acids is 2. The number of hydrogen-bond donors (Lipinski definition) is 4. The lowest BCUT2D eigenvalue weighted by Crippen LogP contribution is -2.43. The molecule has 0 aromatic heterocycles. The van der Waals surface area contributed by atoms with E-state index in [0.29, 0.717) is 19.0 Å². The Morgan fingerprint density at radius 3 is 2.57 bits per heavy atom. The van der Waals surface area contributed by atoms with Crippen LogP contribution in [0.1, 0.15) is 24.8 Å². The molecule has 1 aliphatic carbocycles. The standard InChI is InChI=1S/C15H21N3O3/c16-13(9-10-1-5-12(19)6-2-10)15(21)17-8-7-14(20)18-11-3-4-11/h1-2,5-6,11,13,19H,3-4,7-9,16H2,(H,17,21)(H,18,20)/t13-/m0/s1. The van der Waals surface area contributed by atoms with Crippen LogP contribution in [0.25, 0.3) is 0 Å². The molecule has 1 aromatic rings. The molecule has 6 nitrogen and oxygen atoms in total. The Hall–Kier alpha value is -2.08. The molecule has 5 N–H and O–H groups in total. The monoisotopic (exact) mass is 291 g/mol. The highest BCUT2D eigenvalue weighted by Crippen LogP contribution is 2.18. The summed E-state index contributed by atoms with van der Waals surface area (Å²) in [4.78, 5) is 23.3. The van der Waals surface area contributed by atoms with Crippen molar-refractivity contribution in [2.75, 3.05) is 6.54 Å². The first kappa shape index (κ1) is 15.3. The normalized spacial score (nSPS) is 15.3. The number of nitrogens with two attached hydrogens (primary N) is 1. The van der Waals surface area contributed by atoms with Crippen molar-refractivity contribution >= 4 is 11.8 Å². The maximum atomic E-state index is 11.8. The highest BCUT2D eigenvalue weighted by molar-refractivity contribution is 5.83. The number of amides is 2. The minimum atomic E-state index is -0.666. The van der Waals surface area contributed by atoms with Crippen molar-refractivity contribution in [1.82, 2.24) is 10.6 Å². The van der Waals surface area contributed by atoms with Crippen molar-refractivity contribution < 1.29 is 14.7 Å². The van der Waals surface area contributed by atoms with Gasteiger partial charge >= 0.3 is 0 Å². The van der Waals surface area contributed by atoms with Crippen molar-refractivity contribution in [1.29, 1.82) is 0 Å². The van der Waals surface area contributed by atoms with Crippen LogP contribution in [0.3, 0.4) is 0 Å². The zero-order chi connectivity index (χ0) is 15.2. The topological polar surface area (TPSA) is 104 Å². The summed E-state index contributed by atoms with van der Waals surface area (Å²) in [5, 5.41) is 14.7. The van der Waals surface area contributed by atoms with E-state index in [9.17, 15) is 14.7 Å². The van der Waals surface area contributed by atoms with E-state index >= 15 is 0 Å². The van der Waals surface area contributed by atoms with E-state index in [0.717, 1.165) is 18.4 Å². The summed E-state index contributed by atoms with van der Waals surface area (Å²) in [6.07, 6.45) is 2.76. The van der Waals surface area contributed by atoms with E-state index in [1.807, 2.05) is 0 Å². The van der Waals surface area contributed by atoms with Crippen molar-refractivity contribution in [3.05, 3.63) is 29.8 Å². The molecule has 114 valence electrons. The molecule has 0 aliphatic heterocycles. The molecule has 1 fully saturated rings. The first-order chi connectivity index (χ1) is 10.0. The zero-order valence-corrected chi connectivity index (χ0v) is 11.8. The van der Waals surface area contributed by atoms with E-state index in [2.05, 4.69) is 10.6 Å². The fourth-order valence-corrected chi connectivity index (χ4v) is 1.94. The van der Waals surface area contributed by atoms with Gasteiger partial charge in [0, 0.05) is 19.0 Å². The third kappa shape index (κ3) is 5.43. The minimum absolute atomic E-state index is 0.0371. The number of nitrogens with one attached hydrogen (secondary N) is 2. The third-order valence-electron chi connectivity index (χ3n) is 3.32. The van der Waals surface area contributed by atoms with Crippen molar-refractivity contribution in [2.24, 2.45) is 5.73 Å². The lowest BCUT2D eigenvalue weighted by Gasteiger charge is -2.12. The summed E-state index contributed by atoms with van der Waals surface area (Å²) in [7, 11) is 0. The number of benzene rings is 1. The predicted octanol–water partition coefficient (Wildman–Crippen LogP) is 0.0469. The van der Waals surface area contributed by atoms with Crippen LogP contribution in [0.4, 0.5) is 0 Å². The predicted molar refractivity (Wildman–Crippen MR) is 78.6 cm³/mol. The Morgan fingerprint density at radius 2 is 1.95 bits per heavy atom. The van der Waals surface area contributed by atoms with Gasteiger partial charge in [-0.25, -0.2) is 0 Å². The quantitative estimate of drug-likeness (QED) is 0.569. The Bertz CT molecular complexity index is 497. The van der Waals surface area contributed by atoms with Gasteiger partial charge in [0.15, 0.2) is 0 Å². The molecule has 2 amide bonds. The second-order valence-corrected chi connectivity index (χ2v) is 5.36. The molecule has 0 unspecified atom stereocenters. The summed E-state index contributed by atoms with van der Waals surface area (Å²) >= 11 is 0. The number of rotatable bonds is 7. The van der Waals surface area contributed by atoms with Gasteiger partial charge in [0.25, 0.3) is 0 Å². The van der Waals surface area contributed by atoms with Gasteiger partial charge in [-0.15, -0.1) is 0 Å². The zero-order valence-electron chi connectivity index (χ0n) is 11.8. The molecule has 21 heavy (non-hydrogen) atoms. The first-order valence-corrected chi connectivity index (χ1v) is 7.15. The maximum Gasteiger partial charge on any atom is 0.237 e. The van der Waals surface area contributed by atoms with Crippen LogP contribution in [0.5, 0.6) is 5.75 Å². The fraction of sp³-hybridized carbons (Fsp3) is 0.467. The molecule has 0 saturated heterocycles. The number of carbonyl (C=O) groups is 2. The highest BCUT2D eigenvalue weighted by Gasteiger charge is 2.23. The van der Waals surface area contributed by atoms with E-state index in [4.69, 9.17) is 5.73 Å². The second kappa shape index (κ2) is 7.08. The van der Waals surface area contributed by atoms with E-state index in [1.54, 1.807) is 24.3 Å². The molecular weight excluding hydrogens is 270 g/mol. The molecule has 6 heteroatoms. The number of hydrogen-bond acceptors (Lipinski definition) is 4. The Morgan fingerprint density at radius 1 is 1.29 bits per heavy atom. The smallest absolute Gasteiger partial charge is 0.237 e. The van der Waals surface area contributed by atoms with Crippen molar-refractivity contribution in [2.45, 2.75) is 37.8 Å². The molecule has 0 bridgehead atoms. The molecule has 2 rings (SSSR count). The lowest BCUT2D eigenvalue weighted by molar-refractivity contribution is -0.123. The lowest BCUT2D eigenvalue weighted by atomic mass is 10.1. The van der Waals surface area contributed by atoms with E-state index in [-0.39, 0.29) is 24.0 Å². The van der Waals surface area contributed by atoms with Crippen LogP contribution in [0.15, 0.2) is 24.3 Å². The second-order valence-electron chi connectivity index (χ2n) is 5.36. The van der Waals surface area contributed by atoms with Gasteiger partial charge in [0.05, 0.1) is 6.04 Å². The van der Waals surface area contributed by atoms with Crippen LogP contribution in [0, 0.1) is 0 Å². The highest BCUT2D eigenvalue weighted by atomic mass is 16.3. The average Bonchev–Trinajstić information content (AvgIpc) is 3.25. The molecule has 1 saturated carbocycles. The SMILES string of the molecule is N[C@@H](Cc1ccc(O)cc1)C(=O)NCCC(=O)NC1CC1. The number of phenolic OH excluding ortho intramolecular Hbond substituents is 1. The molecule has 0 radical (unpaired) electrons. The van der Waals surface area contributed by atoms with Crippen LogP contribution in [-0.2, 0) is 16.0 Å². The average molecular weight is 291 g/mol. The summed E-state index contributed by atoms with van der Waals surface area (Å²) < 4.78 is 0. The molecule has 0 spiro atoms. The van der Waals surface area contributed by atoms with E-state index < -0.39 is 6.04 Å². The summed E-state index contributed by atoms with van der Waals surface area (Å²) in [6, 6.07) is 6.24. The van der Waals surface area contributed by atoms with Crippen LogP contribution in [0.2, 0.25) is 0 Å². The van der Waals surface area contributed by atoms with Crippen LogP contribution in [-0.4, -0.2) is 35.5 Å². The Balaban J connectivity index is 1.66. The number of phenols is 1. The third-order valence-corrected chi connectivity index (χ3v) is 3.32. The van der Waals surface area contributed by atoms with Gasteiger partial charge in [0.2, 0.25) is 11.8 Å². The fourth-order valence-electron chi connectivity index (χ4n) is 1.94. The van der Waals surface area contributed by atoms with Gasteiger partial charge in [-0.1, -0.05) is 12.1 Å². The molecular formula is C15H21N3O3. The molecule has 1 atom stereocenters. The maximum absolute atomic E-state index is 11.8. The van der Waals surface area contributed by atoms with Crippen molar-refractivity contribution in [3.8, 4) is 5.75 Å². The Kier molecular flexibility index (Phi) is 5.16. The molecule has 1 aliphatic rings.